The largest absolute Gasteiger partial charge is 0.514 e. The van der Waals surface area contributed by atoms with Crippen LogP contribution in [0, 0.1) is 6.92 Å². The Hall–Kier alpha value is -1.90. The SMILES string of the molecule is COC(=O)OP(=O)(O)C(C)(C)O[C@H]1CC[C@@H](n2cc(C)c(=O)[nH]c2=O)C1. The van der Waals surface area contributed by atoms with Crippen molar-refractivity contribution in [3.8, 4) is 0 Å². The standard InChI is InChI=1S/C15H23N2O8P/c1-9-8-17(13(19)16-12(9)18)10-5-6-11(7-10)24-15(2,3)26(21,22)25-14(20)23-4/h8,10-11H,5-7H2,1-4H3,(H,21,22)(H,16,18,19)/t10-,11+/m1/s1. The van der Waals surface area contributed by atoms with Gasteiger partial charge in [0, 0.05) is 17.8 Å². The Labute approximate surface area is 149 Å². The second-order valence-corrected chi connectivity index (χ2v) is 9.00. The first-order valence-corrected chi connectivity index (χ1v) is 9.65. The highest BCUT2D eigenvalue weighted by molar-refractivity contribution is 7.54. The monoisotopic (exact) mass is 390 g/mol. The molecular formula is C15H23N2O8P. The molecule has 26 heavy (non-hydrogen) atoms. The molecule has 0 spiro atoms. The van der Waals surface area contributed by atoms with E-state index in [0.29, 0.717) is 24.8 Å². The highest BCUT2D eigenvalue weighted by Gasteiger charge is 2.47. The summed E-state index contributed by atoms with van der Waals surface area (Å²) in [5, 5.41) is -1.65. The van der Waals surface area contributed by atoms with Crippen molar-refractivity contribution in [2.75, 3.05) is 7.11 Å². The summed E-state index contributed by atoms with van der Waals surface area (Å²) in [6.45, 7) is 4.30. The zero-order valence-corrected chi connectivity index (χ0v) is 15.9. The quantitative estimate of drug-likeness (QED) is 0.572. The average molecular weight is 390 g/mol. The molecule has 2 N–H and O–H groups in total. The summed E-state index contributed by atoms with van der Waals surface area (Å²) in [6.07, 6.45) is 1.35. The molecular weight excluding hydrogens is 367 g/mol. The molecule has 1 fully saturated rings. The van der Waals surface area contributed by atoms with Gasteiger partial charge in [-0.05, 0) is 40.0 Å². The second kappa shape index (κ2) is 7.38. The number of hydrogen-bond donors (Lipinski definition) is 2. The Morgan fingerprint density at radius 2 is 2.04 bits per heavy atom. The Kier molecular flexibility index (Phi) is 5.79. The maximum Gasteiger partial charge on any atom is 0.514 e. The molecule has 1 unspecified atom stereocenters. The van der Waals surface area contributed by atoms with Gasteiger partial charge in [0.2, 0.25) is 0 Å². The number of rotatable bonds is 5. The third-order valence-corrected chi connectivity index (χ3v) is 6.26. The Balaban J connectivity index is 2.10. The molecule has 146 valence electrons. The number of methoxy groups -OCH3 is 1. The molecule has 1 aliphatic rings. The summed E-state index contributed by atoms with van der Waals surface area (Å²) in [4.78, 5) is 46.9. The topological polar surface area (TPSA) is 137 Å². The highest BCUT2D eigenvalue weighted by atomic mass is 31.2. The summed E-state index contributed by atoms with van der Waals surface area (Å²) in [7, 11) is -3.42. The molecule has 0 saturated heterocycles. The van der Waals surface area contributed by atoms with Crippen LogP contribution in [0.1, 0.15) is 44.7 Å². The van der Waals surface area contributed by atoms with Gasteiger partial charge in [-0.3, -0.25) is 14.3 Å². The van der Waals surface area contributed by atoms with Crippen molar-refractivity contribution in [1.82, 2.24) is 9.55 Å². The van der Waals surface area contributed by atoms with Crippen LogP contribution >= 0.6 is 7.60 Å². The van der Waals surface area contributed by atoms with Gasteiger partial charge in [-0.2, -0.15) is 0 Å². The molecule has 1 aromatic heterocycles. The van der Waals surface area contributed by atoms with Crippen LogP contribution in [0.15, 0.2) is 15.8 Å². The summed E-state index contributed by atoms with van der Waals surface area (Å²) in [5.74, 6) is 0. The van der Waals surface area contributed by atoms with Crippen molar-refractivity contribution in [3.63, 3.8) is 0 Å². The minimum atomic E-state index is -4.45. The van der Waals surface area contributed by atoms with Gasteiger partial charge in [0.1, 0.15) is 0 Å². The van der Waals surface area contributed by atoms with Crippen molar-refractivity contribution in [3.05, 3.63) is 32.6 Å². The van der Waals surface area contributed by atoms with Crippen LogP contribution in [0.3, 0.4) is 0 Å². The molecule has 11 heteroatoms. The van der Waals surface area contributed by atoms with Crippen molar-refractivity contribution in [1.29, 1.82) is 0 Å². The number of carbonyl (C=O) groups is 1. The summed E-state index contributed by atoms with van der Waals surface area (Å²) in [5.41, 5.74) is -0.521. The number of nitrogens with zero attached hydrogens (tertiary/aromatic N) is 1. The Morgan fingerprint density at radius 1 is 1.38 bits per heavy atom. The summed E-state index contributed by atoms with van der Waals surface area (Å²) in [6, 6.07) is -0.210. The van der Waals surface area contributed by atoms with Gasteiger partial charge in [-0.25, -0.2) is 14.2 Å². The lowest BCUT2D eigenvalue weighted by Gasteiger charge is -2.31. The van der Waals surface area contributed by atoms with Crippen molar-refractivity contribution >= 4 is 13.8 Å². The van der Waals surface area contributed by atoms with Crippen LogP contribution in [0.25, 0.3) is 0 Å². The molecule has 0 amide bonds. The van der Waals surface area contributed by atoms with Gasteiger partial charge in [0.05, 0.1) is 13.2 Å². The number of ether oxygens (including phenoxy) is 2. The normalized spacial score (nSPS) is 22.7. The van der Waals surface area contributed by atoms with E-state index in [2.05, 4.69) is 14.2 Å². The lowest BCUT2D eigenvalue weighted by atomic mass is 10.2. The molecule has 1 heterocycles. The first kappa shape index (κ1) is 20.4. The zero-order valence-electron chi connectivity index (χ0n) is 15.1. The van der Waals surface area contributed by atoms with Crippen molar-refractivity contribution in [2.45, 2.75) is 57.5 Å². The van der Waals surface area contributed by atoms with E-state index in [1.807, 2.05) is 0 Å². The van der Waals surface area contributed by atoms with Gasteiger partial charge in [0.25, 0.3) is 5.56 Å². The van der Waals surface area contributed by atoms with Crippen LogP contribution in [-0.4, -0.2) is 39.2 Å². The van der Waals surface area contributed by atoms with Crippen LogP contribution in [0.4, 0.5) is 4.79 Å². The maximum absolute atomic E-state index is 12.3. The number of carbonyl (C=O) groups excluding carboxylic acids is 1. The van der Waals surface area contributed by atoms with E-state index in [-0.39, 0.29) is 6.04 Å². The average Bonchev–Trinajstić information content (AvgIpc) is 2.97. The number of aryl methyl sites for hydroxylation is 1. The van der Waals surface area contributed by atoms with E-state index in [1.165, 1.54) is 24.6 Å². The molecule has 1 aromatic rings. The fourth-order valence-electron chi connectivity index (χ4n) is 2.86. The molecule has 10 nitrogen and oxygen atoms in total. The molecule has 1 aliphatic carbocycles. The highest BCUT2D eigenvalue weighted by Crippen LogP contribution is 2.57. The van der Waals surface area contributed by atoms with Crippen LogP contribution in [-0.2, 0) is 18.6 Å². The van der Waals surface area contributed by atoms with Crippen molar-refractivity contribution in [2.24, 2.45) is 0 Å². The molecule has 3 atom stereocenters. The number of H-pyrrole nitrogens is 1. The summed E-state index contributed by atoms with van der Waals surface area (Å²) < 4.78 is 28.2. The Bertz CT molecular complexity index is 843. The van der Waals surface area contributed by atoms with Gasteiger partial charge < -0.3 is 18.9 Å². The van der Waals surface area contributed by atoms with Gasteiger partial charge in [0.15, 0.2) is 5.34 Å². The fourth-order valence-corrected chi connectivity index (χ4v) is 3.64. The molecule has 0 aromatic carbocycles. The lowest BCUT2D eigenvalue weighted by Crippen LogP contribution is -2.34. The third kappa shape index (κ3) is 4.25. The summed E-state index contributed by atoms with van der Waals surface area (Å²) >= 11 is 0. The molecule has 2 rings (SSSR count). The number of aromatic amines is 1. The van der Waals surface area contributed by atoms with E-state index in [0.717, 1.165) is 7.11 Å². The van der Waals surface area contributed by atoms with Crippen LogP contribution in [0.5, 0.6) is 0 Å². The smallest absolute Gasteiger partial charge is 0.437 e. The van der Waals surface area contributed by atoms with Gasteiger partial charge in [-0.1, -0.05) is 0 Å². The number of nitrogens with one attached hydrogen (secondary N) is 1. The first-order valence-electron chi connectivity index (χ1n) is 8.07. The van der Waals surface area contributed by atoms with E-state index in [1.54, 1.807) is 6.92 Å². The van der Waals surface area contributed by atoms with Crippen molar-refractivity contribution < 1.29 is 28.3 Å². The molecule has 0 radical (unpaired) electrons. The fraction of sp³-hybridized carbons (Fsp3) is 0.667. The first-order chi connectivity index (χ1) is 12.0. The van der Waals surface area contributed by atoms with E-state index < -0.39 is 36.4 Å². The third-order valence-electron chi connectivity index (χ3n) is 4.40. The predicted octanol–water partition coefficient (Wildman–Crippen LogP) is 1.66. The van der Waals surface area contributed by atoms with E-state index >= 15 is 0 Å². The van der Waals surface area contributed by atoms with E-state index in [4.69, 9.17) is 4.74 Å². The van der Waals surface area contributed by atoms with E-state index in [9.17, 15) is 23.8 Å². The lowest BCUT2D eigenvalue weighted by molar-refractivity contribution is -0.0342. The minimum Gasteiger partial charge on any atom is -0.437 e. The molecule has 0 aliphatic heterocycles. The second-order valence-electron chi connectivity index (χ2n) is 6.70. The van der Waals surface area contributed by atoms with Crippen LogP contribution < -0.4 is 11.2 Å². The van der Waals surface area contributed by atoms with Crippen LogP contribution in [0.2, 0.25) is 0 Å². The maximum atomic E-state index is 12.3. The van der Waals surface area contributed by atoms with Gasteiger partial charge in [-0.15, -0.1) is 0 Å². The molecule has 1 saturated carbocycles. The predicted molar refractivity (Wildman–Crippen MR) is 91.2 cm³/mol. The van der Waals surface area contributed by atoms with Gasteiger partial charge >= 0.3 is 19.4 Å². The minimum absolute atomic E-state index is 0.210. The number of hydrogen-bond acceptors (Lipinski definition) is 7. The Morgan fingerprint density at radius 3 is 2.65 bits per heavy atom. The molecule has 0 bridgehead atoms. The zero-order chi connectivity index (χ0) is 19.7. The number of aromatic nitrogens is 2.